The number of benzene rings is 1. The normalized spacial score (nSPS) is 20.3. The van der Waals surface area contributed by atoms with E-state index in [1.165, 1.54) is 16.8 Å². The summed E-state index contributed by atoms with van der Waals surface area (Å²) < 4.78 is 96.4. The van der Waals surface area contributed by atoms with Gasteiger partial charge in [0, 0.05) is 24.9 Å². The number of sulfone groups is 1. The van der Waals surface area contributed by atoms with Gasteiger partial charge in [-0.2, -0.15) is 27.1 Å². The Hall–Kier alpha value is -2.45. The monoisotopic (exact) mass is 629 g/mol. The molecule has 1 aliphatic rings. The highest BCUT2D eigenvalue weighted by molar-refractivity contribution is 7.91. The third kappa shape index (κ3) is 7.69. The van der Waals surface area contributed by atoms with Gasteiger partial charge in [0.25, 0.3) is 5.91 Å². The molecule has 0 bridgehead atoms. The van der Waals surface area contributed by atoms with Gasteiger partial charge in [0.1, 0.15) is 15.6 Å². The number of carbonyl (C=O) groups is 1. The third-order valence-electron chi connectivity index (χ3n) is 7.39. The molecule has 3 rings (SSSR count). The summed E-state index contributed by atoms with van der Waals surface area (Å²) in [5.41, 5.74) is -3.60. The molecule has 2 aromatic rings. The highest BCUT2D eigenvalue weighted by Crippen LogP contribution is 2.43. The average molecular weight is 630 g/mol. The number of aliphatic hydroxyl groups is 1. The van der Waals surface area contributed by atoms with Gasteiger partial charge >= 0.3 is 12.8 Å². The standard InChI is InChI=1S/C26H33ClF5N3O5S/c1-5-35-21(17-7-6-15(12-18(17)40-23(28)29)13-24(2,3)26(30,31)32)19(27)20(34-35)22(36)33-14-25(37)10-8-16(9-11-25)41(4,38)39/h6-7,12,16,23,37H,5,8-11,13-14H2,1-4H3,(H,33,36). The molecule has 1 heterocycles. The Morgan fingerprint density at radius 3 is 2.39 bits per heavy atom. The predicted octanol–water partition coefficient (Wildman–Crippen LogP) is 5.40. The minimum absolute atomic E-state index is 0.00464. The quantitative estimate of drug-likeness (QED) is 0.341. The molecule has 41 heavy (non-hydrogen) atoms. The Morgan fingerprint density at radius 1 is 1.27 bits per heavy atom. The average Bonchev–Trinajstić information content (AvgIpc) is 3.17. The van der Waals surface area contributed by atoms with Crippen LogP contribution in [0.4, 0.5) is 22.0 Å². The van der Waals surface area contributed by atoms with Gasteiger partial charge in [0.05, 0.1) is 27.0 Å². The van der Waals surface area contributed by atoms with Crippen LogP contribution in [-0.4, -0.2) is 65.7 Å². The molecule has 1 saturated carbocycles. The summed E-state index contributed by atoms with van der Waals surface area (Å²) in [5, 5.41) is 16.8. The lowest BCUT2D eigenvalue weighted by Gasteiger charge is -2.35. The molecule has 1 fully saturated rings. The second-order valence-corrected chi connectivity index (χ2v) is 13.7. The van der Waals surface area contributed by atoms with Crippen molar-refractivity contribution in [3.05, 3.63) is 34.5 Å². The van der Waals surface area contributed by atoms with Crippen LogP contribution < -0.4 is 10.1 Å². The van der Waals surface area contributed by atoms with Crippen molar-refractivity contribution in [3.8, 4) is 17.0 Å². The van der Waals surface area contributed by atoms with Crippen molar-refractivity contribution in [1.29, 1.82) is 0 Å². The zero-order chi connectivity index (χ0) is 31.0. The van der Waals surface area contributed by atoms with Crippen LogP contribution >= 0.6 is 11.6 Å². The molecule has 2 N–H and O–H groups in total. The molecule has 1 aromatic carbocycles. The Bertz CT molecular complexity index is 1370. The van der Waals surface area contributed by atoms with Crippen LogP contribution in [0.1, 0.15) is 62.5 Å². The summed E-state index contributed by atoms with van der Waals surface area (Å²) in [5.74, 6) is -1.20. The Morgan fingerprint density at radius 2 is 1.88 bits per heavy atom. The van der Waals surface area contributed by atoms with Crippen molar-refractivity contribution in [2.45, 2.75) is 83.1 Å². The van der Waals surface area contributed by atoms with Crippen LogP contribution in [0.2, 0.25) is 5.02 Å². The fourth-order valence-electron chi connectivity index (χ4n) is 4.81. The minimum Gasteiger partial charge on any atom is -0.434 e. The number of carbonyl (C=O) groups excluding carboxylic acids is 1. The molecule has 0 unspecified atom stereocenters. The van der Waals surface area contributed by atoms with E-state index in [1.807, 2.05) is 0 Å². The van der Waals surface area contributed by atoms with Gasteiger partial charge in [-0.05, 0) is 56.7 Å². The number of rotatable bonds is 10. The van der Waals surface area contributed by atoms with Gasteiger partial charge in [-0.3, -0.25) is 9.48 Å². The first-order valence-electron chi connectivity index (χ1n) is 12.9. The van der Waals surface area contributed by atoms with Crippen LogP contribution in [0, 0.1) is 5.41 Å². The first-order valence-corrected chi connectivity index (χ1v) is 15.2. The van der Waals surface area contributed by atoms with E-state index in [1.54, 1.807) is 6.92 Å². The van der Waals surface area contributed by atoms with Crippen molar-refractivity contribution in [1.82, 2.24) is 15.1 Å². The molecule has 0 spiro atoms. The summed E-state index contributed by atoms with van der Waals surface area (Å²) in [6, 6.07) is 3.71. The molecule has 230 valence electrons. The van der Waals surface area contributed by atoms with E-state index < -0.39 is 57.0 Å². The molecule has 0 atom stereocenters. The fraction of sp³-hybridized carbons (Fsp3) is 0.615. The van der Waals surface area contributed by atoms with Crippen LogP contribution in [0.15, 0.2) is 18.2 Å². The molecular weight excluding hydrogens is 597 g/mol. The number of hydrogen-bond acceptors (Lipinski definition) is 6. The molecule has 1 amide bonds. The summed E-state index contributed by atoms with van der Waals surface area (Å²) >= 11 is 6.51. The lowest BCUT2D eigenvalue weighted by Crippen LogP contribution is -2.47. The topological polar surface area (TPSA) is 111 Å². The van der Waals surface area contributed by atoms with Crippen molar-refractivity contribution in [2.24, 2.45) is 5.41 Å². The maximum absolute atomic E-state index is 13.4. The molecule has 8 nitrogen and oxygen atoms in total. The van der Waals surface area contributed by atoms with Crippen LogP contribution in [-0.2, 0) is 22.8 Å². The molecule has 1 aromatic heterocycles. The number of halogens is 6. The molecule has 0 saturated heterocycles. The molecule has 15 heteroatoms. The summed E-state index contributed by atoms with van der Waals surface area (Å²) in [7, 11) is -3.25. The summed E-state index contributed by atoms with van der Waals surface area (Å²) in [6.07, 6.45) is -3.12. The summed E-state index contributed by atoms with van der Waals surface area (Å²) in [6.45, 7) is 0.308. The van der Waals surface area contributed by atoms with E-state index in [9.17, 15) is 40.3 Å². The number of amides is 1. The number of nitrogens with one attached hydrogen (secondary N) is 1. The largest absolute Gasteiger partial charge is 0.434 e. The van der Waals surface area contributed by atoms with E-state index in [4.69, 9.17) is 11.6 Å². The smallest absolute Gasteiger partial charge is 0.394 e. The van der Waals surface area contributed by atoms with Crippen LogP contribution in [0.3, 0.4) is 0 Å². The highest BCUT2D eigenvalue weighted by Gasteiger charge is 2.47. The molecular formula is C26H33ClF5N3O5S. The van der Waals surface area contributed by atoms with Crippen molar-refractivity contribution in [2.75, 3.05) is 12.8 Å². The fourth-order valence-corrected chi connectivity index (χ4v) is 6.22. The van der Waals surface area contributed by atoms with Gasteiger partial charge in [-0.15, -0.1) is 0 Å². The van der Waals surface area contributed by atoms with Crippen molar-refractivity contribution < 1.29 is 45.0 Å². The number of aryl methyl sites for hydroxylation is 1. The van der Waals surface area contributed by atoms with Crippen molar-refractivity contribution in [3.63, 3.8) is 0 Å². The zero-order valence-corrected chi connectivity index (χ0v) is 24.6. The van der Waals surface area contributed by atoms with Crippen LogP contribution in [0.5, 0.6) is 5.75 Å². The Balaban J connectivity index is 1.89. The van der Waals surface area contributed by atoms with Gasteiger partial charge in [-0.1, -0.05) is 31.5 Å². The number of alkyl halides is 5. The van der Waals surface area contributed by atoms with Gasteiger partial charge in [0.15, 0.2) is 5.69 Å². The van der Waals surface area contributed by atoms with Gasteiger partial charge in [-0.25, -0.2) is 8.42 Å². The van der Waals surface area contributed by atoms with Gasteiger partial charge in [0.2, 0.25) is 0 Å². The lowest BCUT2D eigenvalue weighted by molar-refractivity contribution is -0.211. The second kappa shape index (κ2) is 12.0. The van der Waals surface area contributed by atoms with E-state index in [2.05, 4.69) is 15.2 Å². The minimum atomic E-state index is -4.54. The third-order valence-corrected chi connectivity index (χ3v) is 9.43. The van der Waals surface area contributed by atoms with Crippen LogP contribution in [0.25, 0.3) is 11.3 Å². The first kappa shape index (κ1) is 33.1. The number of nitrogens with zero attached hydrogens (tertiary/aromatic N) is 2. The van der Waals surface area contributed by atoms with Crippen molar-refractivity contribution >= 4 is 27.3 Å². The first-order chi connectivity index (χ1) is 18.8. The lowest BCUT2D eigenvalue weighted by atomic mass is 9.84. The highest BCUT2D eigenvalue weighted by atomic mass is 35.5. The maximum atomic E-state index is 13.4. The number of ether oxygens (including phenoxy) is 1. The maximum Gasteiger partial charge on any atom is 0.394 e. The van der Waals surface area contributed by atoms with E-state index in [-0.39, 0.29) is 66.3 Å². The summed E-state index contributed by atoms with van der Waals surface area (Å²) in [4.78, 5) is 13.0. The Kier molecular flexibility index (Phi) is 9.71. The molecule has 0 aliphatic heterocycles. The van der Waals surface area contributed by atoms with E-state index in [0.717, 1.165) is 26.2 Å². The van der Waals surface area contributed by atoms with E-state index >= 15 is 0 Å². The molecule has 0 radical (unpaired) electrons. The van der Waals surface area contributed by atoms with Gasteiger partial charge < -0.3 is 15.2 Å². The second-order valence-electron chi connectivity index (χ2n) is 11.0. The van der Waals surface area contributed by atoms with E-state index in [0.29, 0.717) is 0 Å². The Labute approximate surface area is 240 Å². The number of aromatic nitrogens is 2. The molecule has 1 aliphatic carbocycles. The number of hydrogen-bond donors (Lipinski definition) is 2. The predicted molar refractivity (Wildman–Crippen MR) is 143 cm³/mol. The zero-order valence-electron chi connectivity index (χ0n) is 23.0. The SMILES string of the molecule is CCn1nc(C(=O)NCC2(O)CCC(S(C)(=O)=O)CC2)c(Cl)c1-c1ccc(CC(C)(C)C(F)(F)F)cc1OC(F)F.